The van der Waals surface area contributed by atoms with E-state index in [1.54, 1.807) is 0 Å². The molecule has 1 aromatic rings. The molecule has 19 heavy (non-hydrogen) atoms. The molecule has 1 aliphatic rings. The molecule has 0 spiro atoms. The summed E-state index contributed by atoms with van der Waals surface area (Å²) >= 11 is 4.86. The number of rotatable bonds is 3. The number of hydrogen-bond donors (Lipinski definition) is 1. The predicted octanol–water partition coefficient (Wildman–Crippen LogP) is 0.345. The highest BCUT2D eigenvalue weighted by Gasteiger charge is 2.27. The summed E-state index contributed by atoms with van der Waals surface area (Å²) in [6, 6.07) is 3.87. The Morgan fingerprint density at radius 3 is 2.58 bits per heavy atom. The Balaban J connectivity index is 2.31. The van der Waals surface area contributed by atoms with E-state index < -0.39 is 17.6 Å². The monoisotopic (exact) mass is 282 g/mol. The molecule has 1 heterocycles. The van der Waals surface area contributed by atoms with Crippen LogP contribution in [0.5, 0.6) is 0 Å². The van der Waals surface area contributed by atoms with Crippen LogP contribution in [0.3, 0.4) is 0 Å². The maximum Gasteiger partial charge on any atom is 0.255 e. The van der Waals surface area contributed by atoms with Crippen LogP contribution < -0.4 is 5.73 Å². The standard InChI is InChI=1S/C12H11FN2O3S/c13-8-1-2-9(12(14)19)7(3-8)4-15-10(16)5-18-6-11(15)17/h1-3H,4-6H2,(H2,14,19). The van der Waals surface area contributed by atoms with E-state index in [-0.39, 0.29) is 24.7 Å². The maximum absolute atomic E-state index is 13.3. The van der Waals surface area contributed by atoms with Gasteiger partial charge in [-0.1, -0.05) is 12.2 Å². The molecule has 1 saturated heterocycles. The van der Waals surface area contributed by atoms with Gasteiger partial charge in [-0.15, -0.1) is 0 Å². The molecular formula is C12H11FN2O3S. The normalized spacial score (nSPS) is 15.7. The molecule has 2 amide bonds. The fourth-order valence-corrected chi connectivity index (χ4v) is 2.00. The summed E-state index contributed by atoms with van der Waals surface area (Å²) in [7, 11) is 0. The van der Waals surface area contributed by atoms with Crippen LogP contribution in [0.1, 0.15) is 11.1 Å². The summed E-state index contributed by atoms with van der Waals surface area (Å²) in [4.78, 5) is 24.3. The number of amides is 2. The van der Waals surface area contributed by atoms with Gasteiger partial charge in [-0.3, -0.25) is 14.5 Å². The van der Waals surface area contributed by atoms with E-state index in [0.29, 0.717) is 11.1 Å². The molecule has 0 radical (unpaired) electrons. The van der Waals surface area contributed by atoms with Gasteiger partial charge in [0.2, 0.25) is 0 Å². The summed E-state index contributed by atoms with van der Waals surface area (Å²) in [6.45, 7) is -0.390. The molecule has 1 aliphatic heterocycles. The third-order valence-corrected chi connectivity index (χ3v) is 2.93. The van der Waals surface area contributed by atoms with Crippen molar-refractivity contribution < 1.29 is 18.7 Å². The maximum atomic E-state index is 13.3. The number of morpholine rings is 1. The molecule has 1 aromatic carbocycles. The largest absolute Gasteiger partial charge is 0.389 e. The first-order valence-electron chi connectivity index (χ1n) is 5.48. The second-order valence-electron chi connectivity index (χ2n) is 4.03. The number of carbonyl (C=O) groups is 2. The van der Waals surface area contributed by atoms with Crippen molar-refractivity contribution in [3.63, 3.8) is 0 Å². The van der Waals surface area contributed by atoms with Crippen molar-refractivity contribution >= 4 is 29.0 Å². The number of nitrogens with zero attached hydrogens (tertiary/aromatic N) is 1. The van der Waals surface area contributed by atoms with E-state index in [1.807, 2.05) is 0 Å². The van der Waals surface area contributed by atoms with Crippen molar-refractivity contribution in [1.29, 1.82) is 0 Å². The van der Waals surface area contributed by atoms with Gasteiger partial charge in [0.05, 0.1) is 6.54 Å². The fraction of sp³-hybridized carbons (Fsp3) is 0.250. The summed E-state index contributed by atoms with van der Waals surface area (Å²) in [5, 5.41) is 0. The molecule has 100 valence electrons. The van der Waals surface area contributed by atoms with E-state index in [9.17, 15) is 14.0 Å². The van der Waals surface area contributed by atoms with E-state index in [4.69, 9.17) is 22.7 Å². The lowest BCUT2D eigenvalue weighted by atomic mass is 10.1. The first-order valence-corrected chi connectivity index (χ1v) is 5.89. The average Bonchev–Trinajstić information content (AvgIpc) is 2.33. The molecule has 2 N–H and O–H groups in total. The van der Waals surface area contributed by atoms with Crippen LogP contribution in [0, 0.1) is 5.82 Å². The van der Waals surface area contributed by atoms with Gasteiger partial charge in [-0.2, -0.15) is 0 Å². The Kier molecular flexibility index (Phi) is 3.87. The molecule has 0 unspecified atom stereocenters. The second kappa shape index (κ2) is 5.41. The molecule has 0 aromatic heterocycles. The van der Waals surface area contributed by atoms with Crippen LogP contribution >= 0.6 is 12.2 Å². The molecule has 1 fully saturated rings. The third kappa shape index (κ3) is 2.94. The zero-order chi connectivity index (χ0) is 14.0. The van der Waals surface area contributed by atoms with E-state index in [1.165, 1.54) is 18.2 Å². The van der Waals surface area contributed by atoms with E-state index in [0.717, 1.165) is 4.90 Å². The molecule has 0 saturated carbocycles. The highest BCUT2D eigenvalue weighted by atomic mass is 32.1. The van der Waals surface area contributed by atoms with Crippen molar-refractivity contribution in [3.05, 3.63) is 35.1 Å². The van der Waals surface area contributed by atoms with Gasteiger partial charge in [0.15, 0.2) is 0 Å². The number of imide groups is 1. The van der Waals surface area contributed by atoms with Crippen LogP contribution in [0.15, 0.2) is 18.2 Å². The highest BCUT2D eigenvalue weighted by molar-refractivity contribution is 7.80. The van der Waals surface area contributed by atoms with Gasteiger partial charge in [0.1, 0.15) is 24.0 Å². The van der Waals surface area contributed by atoms with Crippen molar-refractivity contribution in [2.75, 3.05) is 13.2 Å². The summed E-state index contributed by atoms with van der Waals surface area (Å²) < 4.78 is 18.1. The minimum atomic E-state index is -0.483. The van der Waals surface area contributed by atoms with E-state index >= 15 is 0 Å². The number of carbonyl (C=O) groups excluding carboxylic acids is 2. The SMILES string of the molecule is NC(=S)c1ccc(F)cc1CN1C(=O)COCC1=O. The van der Waals surface area contributed by atoms with Crippen LogP contribution in [-0.4, -0.2) is 34.9 Å². The van der Waals surface area contributed by atoms with Gasteiger partial charge >= 0.3 is 0 Å². The minimum absolute atomic E-state index is 0.0640. The molecule has 0 bridgehead atoms. The zero-order valence-corrected chi connectivity index (χ0v) is 10.7. The first kappa shape index (κ1) is 13.6. The fourth-order valence-electron chi connectivity index (χ4n) is 1.80. The number of thiocarbonyl (C=S) groups is 1. The Labute approximate surface area is 114 Å². The molecule has 5 nitrogen and oxygen atoms in total. The number of nitrogens with two attached hydrogens (primary N) is 1. The van der Waals surface area contributed by atoms with Gasteiger partial charge < -0.3 is 10.5 Å². The van der Waals surface area contributed by atoms with Crippen LogP contribution in [0.25, 0.3) is 0 Å². The minimum Gasteiger partial charge on any atom is -0.389 e. The molecule has 7 heteroatoms. The van der Waals surface area contributed by atoms with Crippen molar-refractivity contribution in [1.82, 2.24) is 4.90 Å². The first-order chi connectivity index (χ1) is 8.99. The lowest BCUT2D eigenvalue weighted by Gasteiger charge is -2.25. The molecular weight excluding hydrogens is 271 g/mol. The molecule has 0 aliphatic carbocycles. The van der Waals surface area contributed by atoms with Crippen molar-refractivity contribution in [2.24, 2.45) is 5.73 Å². The van der Waals surface area contributed by atoms with Crippen molar-refractivity contribution in [2.45, 2.75) is 6.54 Å². The lowest BCUT2D eigenvalue weighted by Crippen LogP contribution is -2.45. The van der Waals surface area contributed by atoms with Crippen LogP contribution in [0.2, 0.25) is 0 Å². The van der Waals surface area contributed by atoms with Gasteiger partial charge in [-0.05, 0) is 23.8 Å². The second-order valence-corrected chi connectivity index (χ2v) is 4.47. The number of hydrogen-bond acceptors (Lipinski definition) is 4. The Morgan fingerprint density at radius 1 is 1.37 bits per heavy atom. The molecule has 0 atom stereocenters. The smallest absolute Gasteiger partial charge is 0.255 e. The summed E-state index contributed by atoms with van der Waals surface area (Å²) in [5.74, 6) is -1.41. The topological polar surface area (TPSA) is 72.6 Å². The average molecular weight is 282 g/mol. The Bertz CT molecular complexity index is 546. The van der Waals surface area contributed by atoms with Gasteiger partial charge in [0.25, 0.3) is 11.8 Å². The molecule has 2 rings (SSSR count). The van der Waals surface area contributed by atoms with Gasteiger partial charge in [-0.25, -0.2) is 4.39 Å². The number of ether oxygens (including phenoxy) is 1. The van der Waals surface area contributed by atoms with Crippen molar-refractivity contribution in [3.8, 4) is 0 Å². The van der Waals surface area contributed by atoms with Crippen LogP contribution in [0.4, 0.5) is 4.39 Å². The summed E-state index contributed by atoms with van der Waals surface area (Å²) in [6.07, 6.45) is 0. The van der Waals surface area contributed by atoms with Gasteiger partial charge in [0, 0.05) is 5.56 Å². The predicted molar refractivity (Wildman–Crippen MR) is 68.7 cm³/mol. The number of benzene rings is 1. The number of halogens is 1. The highest BCUT2D eigenvalue weighted by Crippen LogP contribution is 2.16. The zero-order valence-electron chi connectivity index (χ0n) is 9.89. The Hall–Kier alpha value is -1.86. The van der Waals surface area contributed by atoms with E-state index in [2.05, 4.69) is 0 Å². The summed E-state index contributed by atoms with van der Waals surface area (Å²) in [5.41, 5.74) is 6.38. The quantitative estimate of drug-likeness (QED) is 0.639. The lowest BCUT2D eigenvalue weighted by molar-refractivity contribution is -0.159. The third-order valence-electron chi connectivity index (χ3n) is 2.71. The van der Waals surface area contributed by atoms with Crippen LogP contribution in [-0.2, 0) is 20.9 Å². The Morgan fingerprint density at radius 2 is 2.00 bits per heavy atom.